The Labute approximate surface area is 139 Å². The Morgan fingerprint density at radius 1 is 1.26 bits per heavy atom. The average molecular weight is 318 g/mol. The lowest BCUT2D eigenvalue weighted by Gasteiger charge is -2.28. The Kier molecular flexibility index (Phi) is 5.82. The molecule has 1 aliphatic heterocycles. The summed E-state index contributed by atoms with van der Waals surface area (Å²) in [5.74, 6) is 0.158. The van der Waals surface area contributed by atoms with Crippen LogP contribution in [0.15, 0.2) is 24.3 Å². The fraction of sp³-hybridized carbons (Fsp3) is 0.632. The maximum absolute atomic E-state index is 12.2. The summed E-state index contributed by atoms with van der Waals surface area (Å²) in [6.07, 6.45) is 1.15. The topological polar surface area (TPSA) is 52.6 Å². The number of amides is 1. The van der Waals surface area contributed by atoms with Crippen molar-refractivity contribution in [1.82, 2.24) is 10.2 Å². The van der Waals surface area contributed by atoms with E-state index in [4.69, 9.17) is 0 Å². The summed E-state index contributed by atoms with van der Waals surface area (Å²) >= 11 is 0. The van der Waals surface area contributed by atoms with E-state index in [0.29, 0.717) is 0 Å². The molecule has 0 bridgehead atoms. The molecule has 1 saturated heterocycles. The van der Waals surface area contributed by atoms with Crippen LogP contribution in [0.2, 0.25) is 0 Å². The van der Waals surface area contributed by atoms with Crippen molar-refractivity contribution in [3.05, 3.63) is 35.4 Å². The highest BCUT2D eigenvalue weighted by Gasteiger charge is 2.23. The fourth-order valence-electron chi connectivity index (χ4n) is 2.94. The Balaban J connectivity index is 1.84. The summed E-state index contributed by atoms with van der Waals surface area (Å²) in [5, 5.41) is 13.2. The highest BCUT2D eigenvalue weighted by atomic mass is 16.3. The summed E-state index contributed by atoms with van der Waals surface area (Å²) in [4.78, 5) is 14.4. The zero-order chi connectivity index (χ0) is 17.0. The zero-order valence-electron chi connectivity index (χ0n) is 14.8. The minimum Gasteiger partial charge on any atom is -0.387 e. The van der Waals surface area contributed by atoms with Crippen molar-refractivity contribution in [1.29, 1.82) is 0 Å². The van der Waals surface area contributed by atoms with Crippen LogP contribution in [0.25, 0.3) is 0 Å². The van der Waals surface area contributed by atoms with Gasteiger partial charge >= 0.3 is 0 Å². The fourth-order valence-corrected chi connectivity index (χ4v) is 2.94. The molecule has 4 nitrogen and oxygen atoms in total. The normalized spacial score (nSPS) is 18.7. The Morgan fingerprint density at radius 3 is 2.35 bits per heavy atom. The van der Waals surface area contributed by atoms with Gasteiger partial charge in [0.05, 0.1) is 6.10 Å². The van der Waals surface area contributed by atoms with Crippen LogP contribution in [-0.4, -0.2) is 42.6 Å². The largest absolute Gasteiger partial charge is 0.387 e. The number of aliphatic hydroxyl groups is 1. The van der Waals surface area contributed by atoms with Crippen molar-refractivity contribution in [2.75, 3.05) is 26.7 Å². The van der Waals surface area contributed by atoms with Crippen molar-refractivity contribution in [2.24, 2.45) is 5.92 Å². The van der Waals surface area contributed by atoms with Gasteiger partial charge in [-0.2, -0.15) is 0 Å². The molecule has 0 aromatic heterocycles. The van der Waals surface area contributed by atoms with Crippen LogP contribution in [-0.2, 0) is 10.2 Å². The van der Waals surface area contributed by atoms with E-state index in [-0.39, 0.29) is 23.8 Å². The Morgan fingerprint density at radius 2 is 1.83 bits per heavy atom. The van der Waals surface area contributed by atoms with Crippen molar-refractivity contribution in [3.8, 4) is 0 Å². The molecule has 0 radical (unpaired) electrons. The minimum atomic E-state index is -0.653. The van der Waals surface area contributed by atoms with Crippen LogP contribution in [0, 0.1) is 5.92 Å². The first-order chi connectivity index (χ1) is 10.8. The number of nitrogens with zero attached hydrogens (tertiary/aromatic N) is 1. The van der Waals surface area contributed by atoms with Gasteiger partial charge in [-0.05, 0) is 49.5 Å². The third-order valence-corrected chi connectivity index (χ3v) is 4.72. The van der Waals surface area contributed by atoms with Crippen LogP contribution in [0.1, 0.15) is 50.8 Å². The second kappa shape index (κ2) is 7.45. The number of benzene rings is 1. The van der Waals surface area contributed by atoms with E-state index in [1.807, 2.05) is 12.1 Å². The van der Waals surface area contributed by atoms with Crippen LogP contribution < -0.4 is 5.32 Å². The van der Waals surface area contributed by atoms with Gasteiger partial charge in [-0.25, -0.2) is 0 Å². The first-order valence-corrected chi connectivity index (χ1v) is 8.52. The summed E-state index contributed by atoms with van der Waals surface area (Å²) in [6, 6.07) is 8.01. The molecule has 1 unspecified atom stereocenters. The van der Waals surface area contributed by atoms with E-state index in [0.717, 1.165) is 31.5 Å². The molecule has 1 heterocycles. The van der Waals surface area contributed by atoms with E-state index in [1.54, 1.807) is 0 Å². The molecule has 0 spiro atoms. The van der Waals surface area contributed by atoms with Crippen molar-refractivity contribution in [3.63, 3.8) is 0 Å². The van der Waals surface area contributed by atoms with Crippen LogP contribution in [0.5, 0.6) is 0 Å². The number of piperidine rings is 1. The quantitative estimate of drug-likeness (QED) is 0.897. The second-order valence-electron chi connectivity index (χ2n) is 7.71. The van der Waals surface area contributed by atoms with E-state index >= 15 is 0 Å². The van der Waals surface area contributed by atoms with Gasteiger partial charge in [0.15, 0.2) is 0 Å². The number of hydrogen-bond acceptors (Lipinski definition) is 3. The summed E-state index contributed by atoms with van der Waals surface area (Å²) in [6.45, 7) is 8.71. The molecule has 2 rings (SSSR count). The van der Waals surface area contributed by atoms with Crippen LogP contribution >= 0.6 is 0 Å². The standard InChI is InChI=1S/C19H30N2O2/c1-19(2,3)16-7-5-14(6-8-16)17(22)13-20-18(23)15-9-11-21(4)12-10-15/h5-8,15,17,22H,9-13H2,1-4H3,(H,20,23). The van der Waals surface area contributed by atoms with Gasteiger partial charge in [-0.1, -0.05) is 45.0 Å². The van der Waals surface area contributed by atoms with Gasteiger partial charge in [0.25, 0.3) is 0 Å². The predicted molar refractivity (Wildman–Crippen MR) is 93.3 cm³/mol. The molecule has 0 aliphatic carbocycles. The van der Waals surface area contributed by atoms with Crippen molar-refractivity contribution in [2.45, 2.75) is 45.1 Å². The number of rotatable bonds is 4. The summed E-state index contributed by atoms with van der Waals surface area (Å²) in [7, 11) is 2.08. The lowest BCUT2D eigenvalue weighted by Crippen LogP contribution is -2.40. The molecule has 1 amide bonds. The van der Waals surface area contributed by atoms with E-state index in [2.05, 4.69) is 50.2 Å². The molecule has 2 N–H and O–H groups in total. The SMILES string of the molecule is CN1CCC(C(=O)NCC(O)c2ccc(C(C)(C)C)cc2)CC1. The zero-order valence-corrected chi connectivity index (χ0v) is 14.8. The molecule has 1 aromatic carbocycles. The van der Waals surface area contributed by atoms with Gasteiger partial charge in [-0.15, -0.1) is 0 Å². The number of carbonyl (C=O) groups is 1. The molecular weight excluding hydrogens is 288 g/mol. The summed E-state index contributed by atoms with van der Waals surface area (Å²) in [5.41, 5.74) is 2.19. The molecular formula is C19H30N2O2. The molecule has 0 saturated carbocycles. The number of aliphatic hydroxyl groups excluding tert-OH is 1. The van der Waals surface area contributed by atoms with E-state index in [9.17, 15) is 9.90 Å². The number of carbonyl (C=O) groups excluding carboxylic acids is 1. The number of likely N-dealkylation sites (tertiary alicyclic amines) is 1. The Bertz CT molecular complexity index is 511. The van der Waals surface area contributed by atoms with Gasteiger partial charge in [0, 0.05) is 12.5 Å². The minimum absolute atomic E-state index is 0.0726. The lowest BCUT2D eigenvalue weighted by molar-refractivity contribution is -0.126. The molecule has 1 fully saturated rings. The van der Waals surface area contributed by atoms with Gasteiger partial charge in [-0.3, -0.25) is 4.79 Å². The molecule has 1 atom stereocenters. The molecule has 1 aromatic rings. The highest BCUT2D eigenvalue weighted by molar-refractivity contribution is 5.78. The first kappa shape index (κ1) is 18.0. The maximum Gasteiger partial charge on any atom is 0.223 e. The van der Waals surface area contributed by atoms with Crippen LogP contribution in [0.4, 0.5) is 0 Å². The molecule has 128 valence electrons. The van der Waals surface area contributed by atoms with Crippen molar-refractivity contribution >= 4 is 5.91 Å². The van der Waals surface area contributed by atoms with Crippen molar-refractivity contribution < 1.29 is 9.90 Å². The van der Waals surface area contributed by atoms with E-state index in [1.165, 1.54) is 5.56 Å². The first-order valence-electron chi connectivity index (χ1n) is 8.52. The average Bonchev–Trinajstić information content (AvgIpc) is 2.52. The molecule has 1 aliphatic rings. The Hall–Kier alpha value is -1.39. The number of nitrogens with one attached hydrogen (secondary N) is 1. The smallest absolute Gasteiger partial charge is 0.223 e. The van der Waals surface area contributed by atoms with E-state index < -0.39 is 6.10 Å². The highest BCUT2D eigenvalue weighted by Crippen LogP contribution is 2.24. The predicted octanol–water partition coefficient (Wildman–Crippen LogP) is 2.48. The third kappa shape index (κ3) is 5.05. The van der Waals surface area contributed by atoms with Gasteiger partial charge in [0.1, 0.15) is 0 Å². The monoisotopic (exact) mass is 318 g/mol. The summed E-state index contributed by atoms with van der Waals surface area (Å²) < 4.78 is 0. The lowest BCUT2D eigenvalue weighted by atomic mass is 9.86. The molecule has 23 heavy (non-hydrogen) atoms. The van der Waals surface area contributed by atoms with Gasteiger partial charge < -0.3 is 15.3 Å². The van der Waals surface area contributed by atoms with Crippen LogP contribution in [0.3, 0.4) is 0 Å². The van der Waals surface area contributed by atoms with Gasteiger partial charge in [0.2, 0.25) is 5.91 Å². The maximum atomic E-state index is 12.2. The number of hydrogen-bond donors (Lipinski definition) is 2. The molecule has 4 heteroatoms. The third-order valence-electron chi connectivity index (χ3n) is 4.72. The second-order valence-corrected chi connectivity index (χ2v) is 7.71.